The van der Waals surface area contributed by atoms with E-state index in [9.17, 15) is 4.79 Å². The van der Waals surface area contributed by atoms with E-state index in [0.29, 0.717) is 17.0 Å². The van der Waals surface area contributed by atoms with E-state index in [0.717, 1.165) is 4.90 Å². The maximum atomic E-state index is 10.9. The van der Waals surface area contributed by atoms with Gasteiger partial charge in [-0.15, -0.1) is 11.8 Å². The van der Waals surface area contributed by atoms with E-state index >= 15 is 0 Å². The number of amides is 1. The van der Waals surface area contributed by atoms with Gasteiger partial charge in [0.25, 0.3) is 0 Å². The van der Waals surface area contributed by atoms with Gasteiger partial charge in [0.1, 0.15) is 0 Å². The number of anilines is 1. The van der Waals surface area contributed by atoms with Crippen molar-refractivity contribution in [2.24, 2.45) is 5.73 Å². The largest absolute Gasteiger partial charge is 0.398 e. The third-order valence-electron chi connectivity index (χ3n) is 1.94. The van der Waals surface area contributed by atoms with Crippen molar-refractivity contribution in [2.45, 2.75) is 11.0 Å². The number of aliphatic hydroxyl groups excluding tert-OH is 2. The van der Waals surface area contributed by atoms with Crippen LogP contribution in [0.1, 0.15) is 10.4 Å². The van der Waals surface area contributed by atoms with Crippen LogP contribution < -0.4 is 11.5 Å². The first kappa shape index (κ1) is 12.8. The second-order valence-electron chi connectivity index (χ2n) is 3.26. The molecule has 0 aromatic heterocycles. The second kappa shape index (κ2) is 5.74. The molecule has 1 rings (SSSR count). The Balaban J connectivity index is 2.72. The second-order valence-corrected chi connectivity index (χ2v) is 4.33. The minimum Gasteiger partial charge on any atom is -0.398 e. The van der Waals surface area contributed by atoms with Crippen molar-refractivity contribution in [3.8, 4) is 0 Å². The lowest BCUT2D eigenvalue weighted by Crippen LogP contribution is -2.15. The third kappa shape index (κ3) is 3.41. The van der Waals surface area contributed by atoms with E-state index < -0.39 is 12.0 Å². The van der Waals surface area contributed by atoms with Crippen LogP contribution in [0.4, 0.5) is 5.69 Å². The number of primary amides is 1. The van der Waals surface area contributed by atoms with E-state index in [1.807, 2.05) is 0 Å². The maximum Gasteiger partial charge on any atom is 0.248 e. The highest BCUT2D eigenvalue weighted by atomic mass is 32.2. The number of rotatable bonds is 5. The predicted octanol–water partition coefficient (Wildman–Crippen LogP) is -0.187. The number of nitrogens with two attached hydrogens (primary N) is 2. The van der Waals surface area contributed by atoms with Crippen LogP contribution >= 0.6 is 11.8 Å². The Morgan fingerprint density at radius 1 is 1.50 bits per heavy atom. The Kier molecular flexibility index (Phi) is 4.60. The summed E-state index contributed by atoms with van der Waals surface area (Å²) < 4.78 is 0. The third-order valence-corrected chi connectivity index (χ3v) is 3.17. The molecule has 1 unspecified atom stereocenters. The number of carbonyl (C=O) groups excluding carboxylic acids is 1. The van der Waals surface area contributed by atoms with E-state index in [1.165, 1.54) is 17.8 Å². The van der Waals surface area contributed by atoms with Crippen molar-refractivity contribution in [3.05, 3.63) is 23.8 Å². The van der Waals surface area contributed by atoms with E-state index in [1.54, 1.807) is 12.1 Å². The summed E-state index contributed by atoms with van der Waals surface area (Å²) in [7, 11) is 0. The first-order chi connectivity index (χ1) is 7.54. The molecule has 6 heteroatoms. The lowest BCUT2D eigenvalue weighted by molar-refractivity contribution is 0.1000. The molecule has 16 heavy (non-hydrogen) atoms. The first-order valence-corrected chi connectivity index (χ1v) is 5.64. The zero-order valence-corrected chi connectivity index (χ0v) is 9.41. The average molecular weight is 242 g/mol. The molecule has 1 amide bonds. The van der Waals surface area contributed by atoms with Gasteiger partial charge in [-0.25, -0.2) is 0 Å². The maximum absolute atomic E-state index is 10.9. The van der Waals surface area contributed by atoms with Crippen molar-refractivity contribution in [1.82, 2.24) is 0 Å². The molecule has 88 valence electrons. The molecule has 0 bridgehead atoms. The predicted molar refractivity (Wildman–Crippen MR) is 63.2 cm³/mol. The van der Waals surface area contributed by atoms with Gasteiger partial charge in [0.05, 0.1) is 12.7 Å². The van der Waals surface area contributed by atoms with Gasteiger partial charge in [0.15, 0.2) is 0 Å². The summed E-state index contributed by atoms with van der Waals surface area (Å²) >= 11 is 1.31. The molecule has 0 radical (unpaired) electrons. The van der Waals surface area contributed by atoms with Crippen molar-refractivity contribution < 1.29 is 15.0 Å². The summed E-state index contributed by atoms with van der Waals surface area (Å²) in [5.41, 5.74) is 11.6. The molecule has 1 aromatic rings. The van der Waals surface area contributed by atoms with Crippen LogP contribution in [0.25, 0.3) is 0 Å². The molecule has 5 nitrogen and oxygen atoms in total. The number of hydrogen-bond acceptors (Lipinski definition) is 5. The average Bonchev–Trinajstić information content (AvgIpc) is 2.26. The highest BCUT2D eigenvalue weighted by Crippen LogP contribution is 2.26. The number of benzene rings is 1. The van der Waals surface area contributed by atoms with E-state index in [-0.39, 0.29) is 6.61 Å². The Bertz CT molecular complexity index is 384. The molecule has 0 heterocycles. The van der Waals surface area contributed by atoms with Gasteiger partial charge in [-0.05, 0) is 18.2 Å². The summed E-state index contributed by atoms with van der Waals surface area (Å²) in [6.45, 7) is -0.285. The number of aliphatic hydroxyl groups is 2. The smallest absolute Gasteiger partial charge is 0.248 e. The summed E-state index contributed by atoms with van der Waals surface area (Å²) in [5.74, 6) is -0.185. The Labute approximate surface area is 97.4 Å². The van der Waals surface area contributed by atoms with E-state index in [4.69, 9.17) is 21.7 Å². The SMILES string of the molecule is NC(=O)c1ccc(SCC(O)CO)c(N)c1. The molecule has 0 saturated carbocycles. The topological polar surface area (TPSA) is 110 Å². The molecule has 0 saturated heterocycles. The number of hydrogen-bond donors (Lipinski definition) is 4. The van der Waals surface area contributed by atoms with Gasteiger partial charge in [-0.3, -0.25) is 4.79 Å². The first-order valence-electron chi connectivity index (χ1n) is 4.65. The molecule has 0 fully saturated rings. The van der Waals surface area contributed by atoms with Gasteiger partial charge in [0, 0.05) is 21.9 Å². The normalized spacial score (nSPS) is 12.4. The lowest BCUT2D eigenvalue weighted by Gasteiger charge is -2.09. The highest BCUT2D eigenvalue weighted by Gasteiger charge is 2.08. The lowest BCUT2D eigenvalue weighted by atomic mass is 10.2. The van der Waals surface area contributed by atoms with Crippen LogP contribution in [0, 0.1) is 0 Å². The molecular weight excluding hydrogens is 228 g/mol. The molecule has 0 aliphatic heterocycles. The molecule has 1 aromatic carbocycles. The minimum atomic E-state index is -0.778. The Hall–Kier alpha value is -1.24. The van der Waals surface area contributed by atoms with Crippen molar-refractivity contribution >= 4 is 23.4 Å². The van der Waals surface area contributed by atoms with Crippen LogP contribution in [-0.4, -0.2) is 34.6 Å². The molecule has 6 N–H and O–H groups in total. The highest BCUT2D eigenvalue weighted by molar-refractivity contribution is 7.99. The van der Waals surface area contributed by atoms with Crippen LogP contribution in [0.15, 0.2) is 23.1 Å². The fourth-order valence-corrected chi connectivity index (χ4v) is 1.94. The van der Waals surface area contributed by atoms with Gasteiger partial charge in [-0.2, -0.15) is 0 Å². The number of carbonyl (C=O) groups is 1. The van der Waals surface area contributed by atoms with Gasteiger partial charge >= 0.3 is 0 Å². The monoisotopic (exact) mass is 242 g/mol. The number of thioether (sulfide) groups is 1. The Morgan fingerprint density at radius 2 is 2.19 bits per heavy atom. The molecule has 0 aliphatic carbocycles. The standard InChI is InChI=1S/C10H14N2O3S/c11-8-3-6(10(12)15)1-2-9(8)16-5-7(14)4-13/h1-3,7,13-14H,4-5,11H2,(H2,12,15). The zero-order valence-electron chi connectivity index (χ0n) is 8.59. The van der Waals surface area contributed by atoms with Crippen LogP contribution in [0.3, 0.4) is 0 Å². The van der Waals surface area contributed by atoms with Gasteiger partial charge < -0.3 is 21.7 Å². The number of nitrogen functional groups attached to an aromatic ring is 1. The summed E-state index contributed by atoms with van der Waals surface area (Å²) in [4.78, 5) is 11.6. The fraction of sp³-hybridized carbons (Fsp3) is 0.300. The molecule has 0 spiro atoms. The summed E-state index contributed by atoms with van der Waals surface area (Å²) in [6, 6.07) is 4.74. The van der Waals surface area contributed by atoms with Gasteiger partial charge in [0.2, 0.25) is 5.91 Å². The molecular formula is C10H14N2O3S. The van der Waals surface area contributed by atoms with Crippen LogP contribution in [0.5, 0.6) is 0 Å². The van der Waals surface area contributed by atoms with Crippen molar-refractivity contribution in [3.63, 3.8) is 0 Å². The molecule has 0 aliphatic rings. The summed E-state index contributed by atoms with van der Waals surface area (Å²) in [5, 5.41) is 17.8. The van der Waals surface area contributed by atoms with Crippen molar-refractivity contribution in [1.29, 1.82) is 0 Å². The van der Waals surface area contributed by atoms with Gasteiger partial charge in [-0.1, -0.05) is 0 Å². The van der Waals surface area contributed by atoms with Crippen molar-refractivity contribution in [2.75, 3.05) is 18.1 Å². The van der Waals surface area contributed by atoms with Crippen LogP contribution in [0.2, 0.25) is 0 Å². The quantitative estimate of drug-likeness (QED) is 0.423. The molecule has 1 atom stereocenters. The summed E-state index contributed by atoms with van der Waals surface area (Å²) in [6.07, 6.45) is -0.778. The minimum absolute atomic E-state index is 0.285. The zero-order chi connectivity index (χ0) is 12.1. The Morgan fingerprint density at radius 3 is 2.69 bits per heavy atom. The fourth-order valence-electron chi connectivity index (χ4n) is 1.07. The van der Waals surface area contributed by atoms with Crippen LogP contribution in [-0.2, 0) is 0 Å². The van der Waals surface area contributed by atoms with E-state index in [2.05, 4.69) is 0 Å².